The molecule has 1 nitrogen and oxygen atoms in total. The molecule has 0 N–H and O–H groups in total. The zero-order valence-electron chi connectivity index (χ0n) is 31.2. The lowest BCUT2D eigenvalue weighted by molar-refractivity contribution is 1.33. The summed E-state index contributed by atoms with van der Waals surface area (Å²) in [5.41, 5.74) is 10.9. The van der Waals surface area contributed by atoms with Gasteiger partial charge < -0.3 is 4.90 Å². The van der Waals surface area contributed by atoms with Crippen LogP contribution in [0.4, 0.5) is 17.1 Å². The third-order valence-electron chi connectivity index (χ3n) is 11.5. The highest BCUT2D eigenvalue weighted by Gasteiger charge is 2.25. The molecule has 0 aliphatic heterocycles. The summed E-state index contributed by atoms with van der Waals surface area (Å²) in [4.78, 5) is 2.58. The minimum absolute atomic E-state index is 1.15. The lowest BCUT2D eigenvalue weighted by atomic mass is 9.97. The van der Waals surface area contributed by atoms with Gasteiger partial charge in [0.25, 0.3) is 0 Å². The van der Waals surface area contributed by atoms with Gasteiger partial charge in [0, 0.05) is 66.2 Å². The van der Waals surface area contributed by atoms with Gasteiger partial charge in [-0.15, -0.1) is 34.0 Å². The first-order valence-electron chi connectivity index (χ1n) is 19.6. The smallest absolute Gasteiger partial charge is 0.0561 e. The quantitative estimate of drug-likeness (QED) is 0.162. The van der Waals surface area contributed by atoms with Crippen molar-refractivity contribution in [1.29, 1.82) is 0 Å². The monoisotopic (exact) mass is 791 g/mol. The molecule has 4 heteroatoms. The van der Waals surface area contributed by atoms with Crippen LogP contribution < -0.4 is 4.90 Å². The molecule has 272 valence electrons. The summed E-state index contributed by atoms with van der Waals surface area (Å²) in [5, 5.41) is 7.71. The summed E-state index contributed by atoms with van der Waals surface area (Å²) < 4.78 is 7.75. The number of hydrogen-bond acceptors (Lipinski definition) is 4. The van der Waals surface area contributed by atoms with E-state index in [4.69, 9.17) is 0 Å². The molecule has 0 radical (unpaired) electrons. The molecule has 0 saturated carbocycles. The van der Waals surface area contributed by atoms with Crippen LogP contribution in [0.15, 0.2) is 200 Å². The third-order valence-corrected chi connectivity index (χ3v) is 14.9. The minimum Gasteiger partial charge on any atom is -0.309 e. The Bertz CT molecular complexity index is 3500. The maximum absolute atomic E-state index is 2.58. The van der Waals surface area contributed by atoms with Crippen LogP contribution >= 0.6 is 34.0 Å². The van der Waals surface area contributed by atoms with Gasteiger partial charge in [0.2, 0.25) is 0 Å². The van der Waals surface area contributed by atoms with Gasteiger partial charge in [-0.3, -0.25) is 0 Å². The normalized spacial score (nSPS) is 11.8. The Kier molecular flexibility index (Phi) is 7.83. The Hall–Kier alpha value is -6.56. The highest BCUT2D eigenvalue weighted by molar-refractivity contribution is 7.27. The standard InChI is InChI=1S/C54H33NS3/c1-4-14-34(15-5-1)37-24-26-44-49(31-37)57-51-32-38(35-16-6-2-7-17-35)30-46(52(44)51)55(39-25-27-42-41-20-10-12-22-47(41)56-50(42)33-39)45-29-28-40(36-18-8-3-9-19-36)54-53(45)43-21-11-13-23-48(43)58-54/h1-33H. The lowest BCUT2D eigenvalue weighted by Gasteiger charge is -2.28. The molecule has 0 saturated heterocycles. The zero-order chi connectivity index (χ0) is 38.2. The topological polar surface area (TPSA) is 3.24 Å². The number of nitrogens with zero attached hydrogens (tertiary/aromatic N) is 1. The van der Waals surface area contributed by atoms with E-state index in [-0.39, 0.29) is 0 Å². The Balaban J connectivity index is 1.21. The second-order valence-electron chi connectivity index (χ2n) is 14.8. The fraction of sp³-hybridized carbons (Fsp3) is 0. The molecule has 3 heterocycles. The van der Waals surface area contributed by atoms with Crippen molar-refractivity contribution in [1.82, 2.24) is 0 Å². The van der Waals surface area contributed by atoms with Crippen LogP contribution in [0.25, 0.3) is 93.9 Å². The predicted molar refractivity (Wildman–Crippen MR) is 256 cm³/mol. The molecular weight excluding hydrogens is 759 g/mol. The molecule has 0 unspecified atom stereocenters. The van der Waals surface area contributed by atoms with Crippen LogP contribution in [0.3, 0.4) is 0 Å². The van der Waals surface area contributed by atoms with Crippen molar-refractivity contribution in [2.75, 3.05) is 4.90 Å². The number of anilines is 3. The highest BCUT2D eigenvalue weighted by Crippen LogP contribution is 2.53. The van der Waals surface area contributed by atoms with E-state index in [9.17, 15) is 0 Å². The summed E-state index contributed by atoms with van der Waals surface area (Å²) in [6.07, 6.45) is 0. The Morgan fingerprint density at radius 1 is 0.293 bits per heavy atom. The molecule has 58 heavy (non-hydrogen) atoms. The van der Waals surface area contributed by atoms with Crippen LogP contribution in [0.2, 0.25) is 0 Å². The molecule has 12 aromatic rings. The van der Waals surface area contributed by atoms with Crippen molar-refractivity contribution in [3.05, 3.63) is 200 Å². The molecule has 3 aromatic heterocycles. The SMILES string of the molecule is c1ccc(-c2ccc3c(c2)sc2cc(-c4ccccc4)cc(N(c4ccc5c(c4)sc4ccccc45)c4ccc(-c5ccccc5)c5sc6ccccc6c45)c23)cc1. The summed E-state index contributed by atoms with van der Waals surface area (Å²) in [5.74, 6) is 0. The first-order chi connectivity index (χ1) is 28.7. The van der Waals surface area contributed by atoms with Crippen LogP contribution in [0.5, 0.6) is 0 Å². The van der Waals surface area contributed by atoms with Crippen molar-refractivity contribution >= 4 is 112 Å². The minimum atomic E-state index is 1.15. The fourth-order valence-corrected chi connectivity index (χ4v) is 12.4. The summed E-state index contributed by atoms with van der Waals surface area (Å²) in [6.45, 7) is 0. The number of hydrogen-bond donors (Lipinski definition) is 0. The molecule has 0 spiro atoms. The van der Waals surface area contributed by atoms with Crippen molar-refractivity contribution in [3.8, 4) is 33.4 Å². The van der Waals surface area contributed by atoms with Gasteiger partial charge in [0.05, 0.1) is 11.4 Å². The second-order valence-corrected chi connectivity index (χ2v) is 18.0. The Labute approximate surface area is 347 Å². The van der Waals surface area contributed by atoms with E-state index in [2.05, 4.69) is 205 Å². The molecule has 0 fully saturated rings. The molecule has 0 amide bonds. The molecular formula is C54H33NS3. The van der Waals surface area contributed by atoms with Crippen molar-refractivity contribution in [3.63, 3.8) is 0 Å². The van der Waals surface area contributed by atoms with Gasteiger partial charge in [-0.05, 0) is 81.9 Å². The lowest BCUT2D eigenvalue weighted by Crippen LogP contribution is -2.11. The van der Waals surface area contributed by atoms with Crippen LogP contribution in [-0.2, 0) is 0 Å². The summed E-state index contributed by atoms with van der Waals surface area (Å²) >= 11 is 5.66. The molecule has 0 atom stereocenters. The Morgan fingerprint density at radius 2 is 0.845 bits per heavy atom. The molecule has 0 bridgehead atoms. The number of fused-ring (bicyclic) bond motifs is 9. The zero-order valence-corrected chi connectivity index (χ0v) is 33.7. The van der Waals surface area contributed by atoms with E-state index < -0.39 is 0 Å². The second kappa shape index (κ2) is 13.5. The van der Waals surface area contributed by atoms with Crippen molar-refractivity contribution < 1.29 is 0 Å². The highest BCUT2D eigenvalue weighted by atomic mass is 32.1. The third kappa shape index (κ3) is 5.41. The van der Waals surface area contributed by atoms with E-state index in [0.717, 1.165) is 5.69 Å². The van der Waals surface area contributed by atoms with Gasteiger partial charge in [0.1, 0.15) is 0 Å². The van der Waals surface area contributed by atoms with Gasteiger partial charge in [0.15, 0.2) is 0 Å². The summed E-state index contributed by atoms with van der Waals surface area (Å²) in [6, 6.07) is 73.9. The summed E-state index contributed by atoms with van der Waals surface area (Å²) in [7, 11) is 0. The van der Waals surface area contributed by atoms with Crippen molar-refractivity contribution in [2.24, 2.45) is 0 Å². The number of thiophene rings is 3. The fourth-order valence-electron chi connectivity index (χ4n) is 8.77. The van der Waals surface area contributed by atoms with Gasteiger partial charge in [-0.25, -0.2) is 0 Å². The van der Waals surface area contributed by atoms with Gasteiger partial charge in [-0.2, -0.15) is 0 Å². The molecule has 12 rings (SSSR count). The number of rotatable bonds is 6. The van der Waals surface area contributed by atoms with Gasteiger partial charge in [-0.1, -0.05) is 152 Å². The maximum atomic E-state index is 2.58. The van der Waals surface area contributed by atoms with E-state index in [0.29, 0.717) is 0 Å². The van der Waals surface area contributed by atoms with E-state index >= 15 is 0 Å². The number of benzene rings is 9. The molecule has 0 aliphatic carbocycles. The van der Waals surface area contributed by atoms with E-state index in [1.165, 1.54) is 105 Å². The van der Waals surface area contributed by atoms with E-state index in [1.807, 2.05) is 34.0 Å². The van der Waals surface area contributed by atoms with Crippen molar-refractivity contribution in [2.45, 2.75) is 0 Å². The van der Waals surface area contributed by atoms with E-state index in [1.54, 1.807) is 0 Å². The molecule has 0 aliphatic rings. The largest absolute Gasteiger partial charge is 0.309 e. The molecule has 9 aromatic carbocycles. The first-order valence-corrected chi connectivity index (χ1v) is 22.0. The first kappa shape index (κ1) is 33.6. The van der Waals surface area contributed by atoms with Gasteiger partial charge >= 0.3 is 0 Å². The maximum Gasteiger partial charge on any atom is 0.0561 e. The predicted octanol–water partition coefficient (Wildman–Crippen LogP) is 17.3. The average molecular weight is 792 g/mol. The Morgan fingerprint density at radius 3 is 1.60 bits per heavy atom. The van der Waals surface area contributed by atoms with Crippen LogP contribution in [0, 0.1) is 0 Å². The van der Waals surface area contributed by atoms with Crippen LogP contribution in [0.1, 0.15) is 0 Å². The average Bonchev–Trinajstić information content (AvgIpc) is 3.98. The van der Waals surface area contributed by atoms with Crippen LogP contribution in [-0.4, -0.2) is 0 Å².